The number of para-hydroxylation sites is 1. The first kappa shape index (κ1) is 15.2. The summed E-state index contributed by atoms with van der Waals surface area (Å²) in [6, 6.07) is 12.9. The Morgan fingerprint density at radius 2 is 1.76 bits per heavy atom. The molecule has 21 heavy (non-hydrogen) atoms. The van der Waals surface area contributed by atoms with Crippen LogP contribution in [0.1, 0.15) is 12.5 Å². The lowest BCUT2D eigenvalue weighted by molar-refractivity contribution is 0.386. The number of anilines is 1. The van der Waals surface area contributed by atoms with E-state index < -0.39 is 0 Å². The van der Waals surface area contributed by atoms with Crippen LogP contribution in [-0.4, -0.2) is 20.3 Å². The summed E-state index contributed by atoms with van der Waals surface area (Å²) in [6.45, 7) is 2.05. The molecule has 3 nitrogen and oxygen atoms in total. The van der Waals surface area contributed by atoms with Gasteiger partial charge in [-0.05, 0) is 37.1 Å². The predicted octanol–water partition coefficient (Wildman–Crippen LogP) is 3.89. The van der Waals surface area contributed by atoms with Gasteiger partial charge in [0.15, 0.2) is 11.6 Å². The Balaban J connectivity index is 2.04. The standard InChI is InChI=1S/C17H20FNO2/c1-12(10-13-6-4-5-7-16(13)20-2)19-14-8-9-17(21-3)15(18)11-14/h4-9,11-12,19H,10H2,1-3H3. The van der Waals surface area contributed by atoms with Gasteiger partial charge >= 0.3 is 0 Å². The highest BCUT2D eigenvalue weighted by atomic mass is 19.1. The van der Waals surface area contributed by atoms with Crippen LogP contribution in [0.2, 0.25) is 0 Å². The van der Waals surface area contributed by atoms with Gasteiger partial charge in [-0.3, -0.25) is 0 Å². The second kappa shape index (κ2) is 6.97. The van der Waals surface area contributed by atoms with Crippen molar-refractivity contribution < 1.29 is 13.9 Å². The molecule has 0 aliphatic carbocycles. The van der Waals surface area contributed by atoms with E-state index in [1.165, 1.54) is 13.2 Å². The van der Waals surface area contributed by atoms with Gasteiger partial charge in [-0.15, -0.1) is 0 Å². The van der Waals surface area contributed by atoms with Gasteiger partial charge in [0.05, 0.1) is 14.2 Å². The van der Waals surface area contributed by atoms with Crippen molar-refractivity contribution in [1.82, 2.24) is 0 Å². The summed E-state index contributed by atoms with van der Waals surface area (Å²) in [4.78, 5) is 0. The second-order valence-electron chi connectivity index (χ2n) is 4.91. The highest BCUT2D eigenvalue weighted by Gasteiger charge is 2.09. The second-order valence-corrected chi connectivity index (χ2v) is 4.91. The van der Waals surface area contributed by atoms with E-state index in [-0.39, 0.29) is 17.6 Å². The average Bonchev–Trinajstić information content (AvgIpc) is 2.48. The van der Waals surface area contributed by atoms with Crippen LogP contribution in [-0.2, 0) is 6.42 Å². The molecule has 1 atom stereocenters. The van der Waals surface area contributed by atoms with Gasteiger partial charge in [0.25, 0.3) is 0 Å². The minimum atomic E-state index is -0.369. The van der Waals surface area contributed by atoms with Crippen molar-refractivity contribution in [3.63, 3.8) is 0 Å². The topological polar surface area (TPSA) is 30.5 Å². The van der Waals surface area contributed by atoms with E-state index in [1.54, 1.807) is 19.2 Å². The minimum absolute atomic E-state index is 0.147. The Hall–Kier alpha value is -2.23. The largest absolute Gasteiger partial charge is 0.496 e. The normalized spacial score (nSPS) is 11.8. The molecule has 0 bridgehead atoms. The zero-order valence-electron chi connectivity index (χ0n) is 12.5. The molecule has 0 fully saturated rings. The van der Waals surface area contributed by atoms with Crippen LogP contribution < -0.4 is 14.8 Å². The van der Waals surface area contributed by atoms with E-state index in [4.69, 9.17) is 9.47 Å². The highest BCUT2D eigenvalue weighted by molar-refractivity contribution is 5.48. The van der Waals surface area contributed by atoms with Gasteiger partial charge in [0, 0.05) is 17.8 Å². The molecule has 0 spiro atoms. The first-order valence-corrected chi connectivity index (χ1v) is 6.86. The van der Waals surface area contributed by atoms with Crippen molar-refractivity contribution in [3.05, 3.63) is 53.8 Å². The molecule has 2 aromatic carbocycles. The van der Waals surface area contributed by atoms with Gasteiger partial charge in [0.1, 0.15) is 5.75 Å². The van der Waals surface area contributed by atoms with Crippen LogP contribution in [0, 0.1) is 5.82 Å². The maximum absolute atomic E-state index is 13.7. The molecule has 4 heteroatoms. The van der Waals surface area contributed by atoms with Crippen LogP contribution in [0.4, 0.5) is 10.1 Å². The van der Waals surface area contributed by atoms with Gasteiger partial charge in [0.2, 0.25) is 0 Å². The van der Waals surface area contributed by atoms with Gasteiger partial charge in [-0.2, -0.15) is 0 Å². The fourth-order valence-electron chi connectivity index (χ4n) is 2.29. The van der Waals surface area contributed by atoms with E-state index in [0.29, 0.717) is 0 Å². The number of methoxy groups -OCH3 is 2. The minimum Gasteiger partial charge on any atom is -0.496 e. The maximum atomic E-state index is 13.7. The van der Waals surface area contributed by atoms with Crippen LogP contribution >= 0.6 is 0 Å². The summed E-state index contributed by atoms with van der Waals surface area (Å²) in [7, 11) is 3.12. The lowest BCUT2D eigenvalue weighted by Crippen LogP contribution is -2.18. The number of nitrogens with one attached hydrogen (secondary N) is 1. The number of hydrogen-bond acceptors (Lipinski definition) is 3. The summed E-state index contributed by atoms with van der Waals surface area (Å²) in [5.41, 5.74) is 1.85. The molecule has 0 saturated carbocycles. The molecule has 0 aliphatic rings. The lowest BCUT2D eigenvalue weighted by atomic mass is 10.1. The third-order valence-corrected chi connectivity index (χ3v) is 3.28. The number of rotatable bonds is 6. The van der Waals surface area contributed by atoms with E-state index in [0.717, 1.165) is 23.4 Å². The number of halogens is 1. The van der Waals surface area contributed by atoms with E-state index >= 15 is 0 Å². The maximum Gasteiger partial charge on any atom is 0.167 e. The molecule has 0 heterocycles. The molecule has 0 aliphatic heterocycles. The molecule has 1 N–H and O–H groups in total. The van der Waals surface area contributed by atoms with Crippen molar-refractivity contribution in [2.75, 3.05) is 19.5 Å². The molecule has 0 amide bonds. The molecule has 0 aromatic heterocycles. The fraction of sp³-hybridized carbons (Fsp3) is 0.294. The number of ether oxygens (including phenoxy) is 2. The van der Waals surface area contributed by atoms with Gasteiger partial charge < -0.3 is 14.8 Å². The van der Waals surface area contributed by atoms with Crippen molar-refractivity contribution in [3.8, 4) is 11.5 Å². The predicted molar refractivity (Wildman–Crippen MR) is 82.7 cm³/mol. The van der Waals surface area contributed by atoms with E-state index in [9.17, 15) is 4.39 Å². The molecule has 2 aromatic rings. The zero-order chi connectivity index (χ0) is 15.2. The zero-order valence-corrected chi connectivity index (χ0v) is 12.5. The van der Waals surface area contributed by atoms with Crippen molar-refractivity contribution >= 4 is 5.69 Å². The summed E-state index contributed by atoms with van der Waals surface area (Å²) >= 11 is 0. The van der Waals surface area contributed by atoms with E-state index in [1.807, 2.05) is 24.3 Å². The Labute approximate surface area is 124 Å². The Bertz CT molecular complexity index is 601. The monoisotopic (exact) mass is 289 g/mol. The molecular weight excluding hydrogens is 269 g/mol. The number of benzene rings is 2. The first-order valence-electron chi connectivity index (χ1n) is 6.86. The van der Waals surface area contributed by atoms with Crippen LogP contribution in [0.25, 0.3) is 0 Å². The lowest BCUT2D eigenvalue weighted by Gasteiger charge is -2.17. The Morgan fingerprint density at radius 1 is 1.05 bits per heavy atom. The first-order chi connectivity index (χ1) is 10.1. The number of hydrogen-bond donors (Lipinski definition) is 1. The van der Waals surface area contributed by atoms with Crippen LogP contribution in [0.15, 0.2) is 42.5 Å². The summed E-state index contributed by atoms with van der Waals surface area (Å²) < 4.78 is 23.9. The molecule has 1 unspecified atom stereocenters. The third kappa shape index (κ3) is 3.88. The molecular formula is C17H20FNO2. The van der Waals surface area contributed by atoms with Crippen molar-refractivity contribution in [1.29, 1.82) is 0 Å². The molecule has 112 valence electrons. The average molecular weight is 289 g/mol. The van der Waals surface area contributed by atoms with Gasteiger partial charge in [-0.1, -0.05) is 18.2 Å². The van der Waals surface area contributed by atoms with Crippen LogP contribution in [0.3, 0.4) is 0 Å². The fourth-order valence-corrected chi connectivity index (χ4v) is 2.29. The van der Waals surface area contributed by atoms with E-state index in [2.05, 4.69) is 12.2 Å². The summed E-state index contributed by atoms with van der Waals surface area (Å²) in [6.07, 6.45) is 0.789. The highest BCUT2D eigenvalue weighted by Crippen LogP contribution is 2.23. The SMILES string of the molecule is COc1ccc(NC(C)Cc2ccccc2OC)cc1F. The summed E-state index contributed by atoms with van der Waals surface area (Å²) in [5.74, 6) is 0.747. The quantitative estimate of drug-likeness (QED) is 0.875. The van der Waals surface area contributed by atoms with Gasteiger partial charge in [-0.25, -0.2) is 4.39 Å². The smallest absolute Gasteiger partial charge is 0.167 e. The molecule has 0 radical (unpaired) electrons. The Kier molecular flexibility index (Phi) is 5.04. The van der Waals surface area contributed by atoms with Crippen LogP contribution in [0.5, 0.6) is 11.5 Å². The van der Waals surface area contributed by atoms with Crippen molar-refractivity contribution in [2.24, 2.45) is 0 Å². The molecule has 0 saturated heterocycles. The summed E-state index contributed by atoms with van der Waals surface area (Å²) in [5, 5.41) is 3.28. The Morgan fingerprint density at radius 3 is 2.43 bits per heavy atom. The van der Waals surface area contributed by atoms with Crippen molar-refractivity contribution in [2.45, 2.75) is 19.4 Å². The third-order valence-electron chi connectivity index (χ3n) is 3.28. The molecule has 2 rings (SSSR count).